The Morgan fingerprint density at radius 1 is 1.24 bits per heavy atom. The van der Waals surface area contributed by atoms with Gasteiger partial charge in [-0.3, -0.25) is 9.59 Å². The van der Waals surface area contributed by atoms with E-state index in [1.807, 2.05) is 17.0 Å². The molecule has 1 aromatic heterocycles. The van der Waals surface area contributed by atoms with Crippen LogP contribution in [0, 0.1) is 17.7 Å². The highest BCUT2D eigenvalue weighted by atomic mass is 19.1. The highest BCUT2D eigenvalue weighted by molar-refractivity contribution is 6.04. The zero-order chi connectivity index (χ0) is 22.9. The van der Waals surface area contributed by atoms with E-state index in [0.717, 1.165) is 13.0 Å². The first-order valence-electron chi connectivity index (χ1n) is 11.9. The Balaban J connectivity index is 1.21. The Hall–Kier alpha value is -2.96. The molecule has 2 atom stereocenters. The topological polar surface area (TPSA) is 68.7 Å². The van der Waals surface area contributed by atoms with E-state index in [1.54, 1.807) is 19.2 Å². The molecule has 0 spiro atoms. The summed E-state index contributed by atoms with van der Waals surface area (Å²) >= 11 is 0. The van der Waals surface area contributed by atoms with Crippen LogP contribution in [0.3, 0.4) is 0 Å². The molecule has 33 heavy (non-hydrogen) atoms. The van der Waals surface area contributed by atoms with Crippen molar-refractivity contribution in [3.05, 3.63) is 47.4 Å². The molecule has 3 aliphatic rings. The SMILES string of the molecule is CCC(=O)CC1Cc2c(F)cc(N3CC[C@@H](Oc4ccc(OCC5CC5)nc4)C3)cc2C1=O. The Kier molecular flexibility index (Phi) is 6.04. The lowest BCUT2D eigenvalue weighted by molar-refractivity contribution is -0.119. The first kappa shape index (κ1) is 21.9. The number of carbonyl (C=O) groups excluding carboxylic acids is 2. The standard InChI is InChI=1S/C26H29FN2O4/c1-2-19(30)9-17-10-22-23(26(17)31)11-18(12-24(22)27)29-8-7-21(14-29)33-20-5-6-25(28-13-20)32-15-16-3-4-16/h5-6,11-13,16-17,21H,2-4,7-10,14-15H2,1H3/t17?,21-/m1/s1. The van der Waals surface area contributed by atoms with Crippen LogP contribution in [0.15, 0.2) is 30.5 Å². The fourth-order valence-electron chi connectivity index (χ4n) is 4.64. The fraction of sp³-hybridized carbons (Fsp3) is 0.500. The molecule has 0 radical (unpaired) electrons. The summed E-state index contributed by atoms with van der Waals surface area (Å²) in [4.78, 5) is 31.0. The van der Waals surface area contributed by atoms with Gasteiger partial charge in [0.2, 0.25) is 5.88 Å². The molecular weight excluding hydrogens is 423 g/mol. The smallest absolute Gasteiger partial charge is 0.213 e. The lowest BCUT2D eigenvalue weighted by atomic mass is 9.97. The maximum Gasteiger partial charge on any atom is 0.213 e. The van der Waals surface area contributed by atoms with Crippen molar-refractivity contribution in [3.8, 4) is 11.6 Å². The summed E-state index contributed by atoms with van der Waals surface area (Å²) in [6, 6.07) is 6.98. The molecule has 2 aliphatic carbocycles. The van der Waals surface area contributed by atoms with Crippen LogP contribution >= 0.6 is 0 Å². The van der Waals surface area contributed by atoms with E-state index in [2.05, 4.69) is 4.98 Å². The Morgan fingerprint density at radius 2 is 2.09 bits per heavy atom. The van der Waals surface area contributed by atoms with E-state index in [9.17, 15) is 14.0 Å². The summed E-state index contributed by atoms with van der Waals surface area (Å²) in [6.45, 7) is 3.82. The van der Waals surface area contributed by atoms with Gasteiger partial charge in [0.15, 0.2) is 5.78 Å². The fourth-order valence-corrected chi connectivity index (χ4v) is 4.64. The number of rotatable bonds is 9. The monoisotopic (exact) mass is 452 g/mol. The molecule has 0 amide bonds. The van der Waals surface area contributed by atoms with Gasteiger partial charge in [-0.25, -0.2) is 9.37 Å². The maximum absolute atomic E-state index is 14.9. The second-order valence-electron chi connectivity index (χ2n) is 9.38. The van der Waals surface area contributed by atoms with Crippen LogP contribution in [0.2, 0.25) is 0 Å². The van der Waals surface area contributed by atoms with Crippen LogP contribution in [0.1, 0.15) is 54.9 Å². The number of nitrogens with zero attached hydrogens (tertiary/aromatic N) is 2. The van der Waals surface area contributed by atoms with Crippen LogP contribution in [-0.2, 0) is 11.2 Å². The summed E-state index contributed by atoms with van der Waals surface area (Å²) in [6.07, 6.45) is 5.79. The van der Waals surface area contributed by atoms with Crippen molar-refractivity contribution in [2.45, 2.75) is 51.6 Å². The van der Waals surface area contributed by atoms with Gasteiger partial charge in [-0.1, -0.05) is 6.92 Å². The number of pyridine rings is 1. The van der Waals surface area contributed by atoms with Crippen LogP contribution in [0.4, 0.5) is 10.1 Å². The first-order chi connectivity index (χ1) is 16.0. The minimum atomic E-state index is -0.435. The molecule has 5 rings (SSSR count). The number of ether oxygens (including phenoxy) is 2. The van der Waals surface area contributed by atoms with Crippen molar-refractivity contribution in [1.82, 2.24) is 4.98 Å². The lowest BCUT2D eigenvalue weighted by Crippen LogP contribution is -2.25. The minimum Gasteiger partial charge on any atom is -0.487 e. The molecule has 7 heteroatoms. The van der Waals surface area contributed by atoms with Gasteiger partial charge < -0.3 is 14.4 Å². The third kappa shape index (κ3) is 4.87. The van der Waals surface area contributed by atoms with E-state index in [1.165, 1.54) is 18.9 Å². The summed E-state index contributed by atoms with van der Waals surface area (Å²) < 4.78 is 26.6. The molecule has 2 aromatic rings. The molecule has 6 nitrogen and oxygen atoms in total. The molecule has 1 aliphatic heterocycles. The van der Waals surface area contributed by atoms with E-state index >= 15 is 0 Å². The highest BCUT2D eigenvalue weighted by Gasteiger charge is 2.35. The quantitative estimate of drug-likeness (QED) is 0.562. The number of hydrogen-bond donors (Lipinski definition) is 0. The van der Waals surface area contributed by atoms with Crippen molar-refractivity contribution in [2.24, 2.45) is 11.8 Å². The number of fused-ring (bicyclic) bond motifs is 1. The van der Waals surface area contributed by atoms with E-state index in [0.29, 0.717) is 60.3 Å². The van der Waals surface area contributed by atoms with Gasteiger partial charge in [0.1, 0.15) is 23.5 Å². The number of carbonyl (C=O) groups is 2. The van der Waals surface area contributed by atoms with Gasteiger partial charge >= 0.3 is 0 Å². The van der Waals surface area contributed by atoms with Crippen molar-refractivity contribution >= 4 is 17.3 Å². The Labute approximate surface area is 193 Å². The molecular formula is C26H29FN2O4. The largest absolute Gasteiger partial charge is 0.487 e. The summed E-state index contributed by atoms with van der Waals surface area (Å²) in [5.74, 6) is 1.09. The number of ketones is 2. The number of aromatic nitrogens is 1. The van der Waals surface area contributed by atoms with E-state index in [-0.39, 0.29) is 29.9 Å². The van der Waals surface area contributed by atoms with Crippen LogP contribution in [0.5, 0.6) is 11.6 Å². The summed E-state index contributed by atoms with van der Waals surface area (Å²) in [7, 11) is 0. The third-order valence-corrected chi connectivity index (χ3v) is 6.82. The zero-order valence-corrected chi connectivity index (χ0v) is 18.9. The number of anilines is 1. The Bertz CT molecular complexity index is 1050. The molecule has 1 saturated carbocycles. The molecule has 1 unspecified atom stereocenters. The van der Waals surface area contributed by atoms with Crippen molar-refractivity contribution in [2.75, 3.05) is 24.6 Å². The van der Waals surface area contributed by atoms with Crippen molar-refractivity contribution in [3.63, 3.8) is 0 Å². The van der Waals surface area contributed by atoms with Gasteiger partial charge in [0, 0.05) is 49.0 Å². The van der Waals surface area contributed by atoms with Crippen LogP contribution in [-0.4, -0.2) is 42.4 Å². The van der Waals surface area contributed by atoms with E-state index < -0.39 is 5.92 Å². The summed E-state index contributed by atoms with van der Waals surface area (Å²) in [5.41, 5.74) is 1.56. The maximum atomic E-state index is 14.9. The minimum absolute atomic E-state index is 0.0401. The third-order valence-electron chi connectivity index (χ3n) is 6.82. The number of Topliss-reactive ketones (excluding diaryl/α,β-unsaturated/α-hetero) is 2. The van der Waals surface area contributed by atoms with Crippen molar-refractivity contribution < 1.29 is 23.5 Å². The Morgan fingerprint density at radius 3 is 2.82 bits per heavy atom. The highest BCUT2D eigenvalue weighted by Crippen LogP contribution is 2.35. The predicted molar refractivity (Wildman–Crippen MR) is 122 cm³/mol. The van der Waals surface area contributed by atoms with Gasteiger partial charge in [-0.15, -0.1) is 0 Å². The lowest BCUT2D eigenvalue weighted by Gasteiger charge is -2.20. The molecule has 0 bridgehead atoms. The zero-order valence-electron chi connectivity index (χ0n) is 18.9. The van der Waals surface area contributed by atoms with Crippen LogP contribution < -0.4 is 14.4 Å². The van der Waals surface area contributed by atoms with E-state index in [4.69, 9.17) is 9.47 Å². The number of halogens is 1. The van der Waals surface area contributed by atoms with Gasteiger partial charge in [-0.2, -0.15) is 0 Å². The number of hydrogen-bond acceptors (Lipinski definition) is 6. The first-order valence-corrected chi connectivity index (χ1v) is 11.9. The summed E-state index contributed by atoms with van der Waals surface area (Å²) in [5, 5.41) is 0. The average Bonchev–Trinajstić information content (AvgIpc) is 3.45. The molecule has 174 valence electrons. The van der Waals surface area contributed by atoms with Crippen LogP contribution in [0.25, 0.3) is 0 Å². The van der Waals surface area contributed by atoms with Crippen molar-refractivity contribution in [1.29, 1.82) is 0 Å². The molecule has 1 saturated heterocycles. The second-order valence-corrected chi connectivity index (χ2v) is 9.38. The molecule has 2 heterocycles. The average molecular weight is 453 g/mol. The van der Waals surface area contributed by atoms with Gasteiger partial charge in [0.05, 0.1) is 19.3 Å². The van der Waals surface area contributed by atoms with Gasteiger partial charge in [0.25, 0.3) is 0 Å². The molecule has 0 N–H and O–H groups in total. The molecule has 2 fully saturated rings. The molecule has 1 aromatic carbocycles. The predicted octanol–water partition coefficient (Wildman–Crippen LogP) is 4.39. The number of benzene rings is 1. The van der Waals surface area contributed by atoms with Gasteiger partial charge in [-0.05, 0) is 48.9 Å². The second kappa shape index (κ2) is 9.12. The normalized spacial score (nSPS) is 21.9.